The Labute approximate surface area is 111 Å². The van der Waals surface area contributed by atoms with Gasteiger partial charge < -0.3 is 16.0 Å². The van der Waals surface area contributed by atoms with Crippen molar-refractivity contribution < 1.29 is 4.79 Å². The number of halogens is 2. The molecule has 3 N–H and O–H groups in total. The molecule has 0 heterocycles. The van der Waals surface area contributed by atoms with Crippen LogP contribution in [0.15, 0.2) is 12.1 Å². The van der Waals surface area contributed by atoms with E-state index >= 15 is 0 Å². The molecule has 0 saturated heterocycles. The Hall–Kier alpha value is -1.13. The maximum atomic E-state index is 11.6. The summed E-state index contributed by atoms with van der Waals surface area (Å²) in [5, 5.41) is 3.72. The van der Waals surface area contributed by atoms with Gasteiger partial charge in [-0.2, -0.15) is 0 Å². The Kier molecular flexibility index (Phi) is 4.90. The van der Waals surface area contributed by atoms with E-state index in [2.05, 4.69) is 5.32 Å². The Balaban J connectivity index is 2.73. The zero-order chi connectivity index (χ0) is 13.0. The van der Waals surface area contributed by atoms with E-state index in [1.807, 2.05) is 6.92 Å². The lowest BCUT2D eigenvalue weighted by Crippen LogP contribution is -2.31. The number of nitrogens with two attached hydrogens (primary N) is 1. The number of nitrogens with zero attached hydrogens (tertiary/aromatic N) is 1. The molecule has 0 spiro atoms. The van der Waals surface area contributed by atoms with E-state index in [0.717, 1.165) is 0 Å². The molecule has 4 nitrogen and oxygen atoms in total. The van der Waals surface area contributed by atoms with Crippen LogP contribution in [0.1, 0.15) is 6.92 Å². The number of likely N-dealkylation sites (N-methyl/N-ethyl adjacent to an activating group) is 1. The van der Waals surface area contributed by atoms with Crippen LogP contribution in [0, 0.1) is 0 Å². The van der Waals surface area contributed by atoms with Crippen LogP contribution in [0.2, 0.25) is 10.0 Å². The lowest BCUT2D eigenvalue weighted by atomic mass is 10.3. The van der Waals surface area contributed by atoms with E-state index in [0.29, 0.717) is 28.0 Å². The Morgan fingerprint density at radius 1 is 1.41 bits per heavy atom. The zero-order valence-electron chi connectivity index (χ0n) is 9.76. The quantitative estimate of drug-likeness (QED) is 0.830. The highest BCUT2D eigenvalue weighted by molar-refractivity contribution is 6.39. The first kappa shape index (κ1) is 13.9. The normalized spacial score (nSPS) is 10.1. The molecule has 94 valence electrons. The summed E-state index contributed by atoms with van der Waals surface area (Å²) >= 11 is 12.0. The fraction of sp³-hybridized carbons (Fsp3) is 0.364. The van der Waals surface area contributed by atoms with Gasteiger partial charge in [0.1, 0.15) is 0 Å². The highest BCUT2D eigenvalue weighted by Crippen LogP contribution is 2.32. The molecule has 1 rings (SSSR count). The molecule has 1 aromatic rings. The van der Waals surface area contributed by atoms with Crippen LogP contribution in [0.4, 0.5) is 11.4 Å². The lowest BCUT2D eigenvalue weighted by molar-refractivity contribution is -0.127. The van der Waals surface area contributed by atoms with Crippen LogP contribution in [0.5, 0.6) is 0 Å². The Bertz CT molecular complexity index is 400. The molecule has 0 saturated carbocycles. The van der Waals surface area contributed by atoms with Crippen molar-refractivity contribution in [2.24, 2.45) is 0 Å². The second kappa shape index (κ2) is 5.98. The summed E-state index contributed by atoms with van der Waals surface area (Å²) in [6.45, 7) is 2.71. The van der Waals surface area contributed by atoms with E-state index in [1.165, 1.54) is 0 Å². The van der Waals surface area contributed by atoms with Gasteiger partial charge in [-0.25, -0.2) is 0 Å². The lowest BCUT2D eigenvalue weighted by Gasteiger charge is -2.16. The van der Waals surface area contributed by atoms with Gasteiger partial charge in [0.05, 0.1) is 22.3 Å². The third-order valence-electron chi connectivity index (χ3n) is 2.38. The molecule has 6 heteroatoms. The van der Waals surface area contributed by atoms with Gasteiger partial charge in [-0.1, -0.05) is 23.2 Å². The molecule has 1 aromatic carbocycles. The molecule has 0 aliphatic heterocycles. The predicted octanol–water partition coefficient (Wildman–Crippen LogP) is 2.47. The van der Waals surface area contributed by atoms with Crippen molar-refractivity contribution in [1.82, 2.24) is 4.90 Å². The Morgan fingerprint density at radius 3 is 2.41 bits per heavy atom. The van der Waals surface area contributed by atoms with Gasteiger partial charge in [-0.05, 0) is 19.1 Å². The second-order valence-electron chi connectivity index (χ2n) is 3.62. The van der Waals surface area contributed by atoms with Crippen LogP contribution in [0.3, 0.4) is 0 Å². The molecular weight excluding hydrogens is 261 g/mol. The van der Waals surface area contributed by atoms with Gasteiger partial charge in [0.15, 0.2) is 0 Å². The standard InChI is InChI=1S/C11H15Cl2N3O/c1-3-16(2)10(17)6-15-11-8(12)4-7(14)5-9(11)13/h4-5,15H,3,6,14H2,1-2H3. The van der Waals surface area contributed by atoms with Crippen molar-refractivity contribution in [2.45, 2.75) is 6.92 Å². The number of nitrogens with one attached hydrogen (secondary N) is 1. The monoisotopic (exact) mass is 275 g/mol. The molecule has 0 aromatic heterocycles. The molecule has 0 radical (unpaired) electrons. The van der Waals surface area contributed by atoms with Gasteiger partial charge in [0, 0.05) is 19.3 Å². The SMILES string of the molecule is CCN(C)C(=O)CNc1c(Cl)cc(N)cc1Cl. The number of benzene rings is 1. The number of hydrogen-bond acceptors (Lipinski definition) is 3. The maximum Gasteiger partial charge on any atom is 0.241 e. The largest absolute Gasteiger partial charge is 0.399 e. The zero-order valence-corrected chi connectivity index (χ0v) is 11.3. The first-order valence-corrected chi connectivity index (χ1v) is 5.93. The molecule has 17 heavy (non-hydrogen) atoms. The summed E-state index contributed by atoms with van der Waals surface area (Å²) in [5.41, 5.74) is 6.60. The van der Waals surface area contributed by atoms with Gasteiger partial charge in [0.2, 0.25) is 5.91 Å². The predicted molar refractivity (Wildman–Crippen MR) is 72.7 cm³/mol. The first-order chi connectivity index (χ1) is 7.95. The number of carbonyl (C=O) groups excluding carboxylic acids is 1. The minimum atomic E-state index is -0.0311. The van der Waals surface area contributed by atoms with Crippen molar-refractivity contribution in [3.8, 4) is 0 Å². The highest BCUT2D eigenvalue weighted by atomic mass is 35.5. The number of anilines is 2. The average Bonchev–Trinajstić information content (AvgIpc) is 2.26. The number of amides is 1. The van der Waals surface area contributed by atoms with Crippen LogP contribution < -0.4 is 11.1 Å². The number of carbonyl (C=O) groups is 1. The third kappa shape index (κ3) is 3.68. The van der Waals surface area contributed by atoms with Crippen LogP contribution in [-0.4, -0.2) is 30.9 Å². The highest BCUT2D eigenvalue weighted by Gasteiger charge is 2.10. The summed E-state index contributed by atoms with van der Waals surface area (Å²) in [6.07, 6.45) is 0. The summed E-state index contributed by atoms with van der Waals surface area (Å²) in [5.74, 6) is -0.0311. The van der Waals surface area contributed by atoms with E-state index in [-0.39, 0.29) is 12.5 Å². The van der Waals surface area contributed by atoms with Crippen molar-refractivity contribution in [3.63, 3.8) is 0 Å². The number of nitrogen functional groups attached to an aromatic ring is 1. The van der Waals surface area contributed by atoms with Gasteiger partial charge in [0.25, 0.3) is 0 Å². The molecule has 0 aliphatic rings. The van der Waals surface area contributed by atoms with Crippen molar-refractivity contribution in [3.05, 3.63) is 22.2 Å². The molecule has 0 unspecified atom stereocenters. The van der Waals surface area contributed by atoms with Crippen LogP contribution in [0.25, 0.3) is 0 Å². The molecular formula is C11H15Cl2N3O. The van der Waals surface area contributed by atoms with E-state index in [1.54, 1.807) is 24.1 Å². The molecule has 0 bridgehead atoms. The third-order valence-corrected chi connectivity index (χ3v) is 2.98. The average molecular weight is 276 g/mol. The fourth-order valence-electron chi connectivity index (χ4n) is 1.24. The molecule has 1 amide bonds. The first-order valence-electron chi connectivity index (χ1n) is 5.18. The van der Waals surface area contributed by atoms with Crippen molar-refractivity contribution in [2.75, 3.05) is 31.2 Å². The number of hydrogen-bond donors (Lipinski definition) is 2. The van der Waals surface area contributed by atoms with E-state index in [9.17, 15) is 4.79 Å². The molecule has 0 atom stereocenters. The van der Waals surface area contributed by atoms with E-state index in [4.69, 9.17) is 28.9 Å². The van der Waals surface area contributed by atoms with Crippen molar-refractivity contribution in [1.29, 1.82) is 0 Å². The van der Waals surface area contributed by atoms with Crippen LogP contribution >= 0.6 is 23.2 Å². The summed E-state index contributed by atoms with van der Waals surface area (Å²) in [6, 6.07) is 3.17. The topological polar surface area (TPSA) is 58.4 Å². The van der Waals surface area contributed by atoms with Crippen LogP contribution in [-0.2, 0) is 4.79 Å². The minimum absolute atomic E-state index is 0.0311. The smallest absolute Gasteiger partial charge is 0.241 e. The summed E-state index contributed by atoms with van der Waals surface area (Å²) in [7, 11) is 1.73. The second-order valence-corrected chi connectivity index (χ2v) is 4.44. The fourth-order valence-corrected chi connectivity index (χ4v) is 1.87. The summed E-state index contributed by atoms with van der Waals surface area (Å²) < 4.78 is 0. The minimum Gasteiger partial charge on any atom is -0.399 e. The maximum absolute atomic E-state index is 11.6. The molecule has 0 aliphatic carbocycles. The van der Waals surface area contributed by atoms with Gasteiger partial charge in [-0.3, -0.25) is 4.79 Å². The number of rotatable bonds is 4. The van der Waals surface area contributed by atoms with E-state index < -0.39 is 0 Å². The Morgan fingerprint density at radius 2 is 1.94 bits per heavy atom. The summed E-state index contributed by atoms with van der Waals surface area (Å²) in [4.78, 5) is 13.2. The van der Waals surface area contributed by atoms with Gasteiger partial charge in [-0.15, -0.1) is 0 Å². The van der Waals surface area contributed by atoms with Gasteiger partial charge >= 0.3 is 0 Å². The molecule has 0 fully saturated rings. The van der Waals surface area contributed by atoms with Crippen molar-refractivity contribution >= 4 is 40.5 Å².